The number of nitrogens with zero attached hydrogens (tertiary/aromatic N) is 1. The molecule has 6 nitrogen and oxygen atoms in total. The summed E-state index contributed by atoms with van der Waals surface area (Å²) in [6, 6.07) is 9.66. The topological polar surface area (TPSA) is 67.9 Å². The fourth-order valence-corrected chi connectivity index (χ4v) is 1.55. The number of nitrogens with one attached hydrogen (secondary N) is 1. The molecule has 1 N–H and O–H groups in total. The average molecular weight is 280 g/mol. The van der Waals surface area contributed by atoms with Crippen LogP contribution in [-0.4, -0.2) is 37.0 Å². The largest absolute Gasteiger partial charge is 0.449 e. The highest BCUT2D eigenvalue weighted by atomic mass is 16.6. The van der Waals surface area contributed by atoms with Gasteiger partial charge >= 0.3 is 12.2 Å². The fraction of sp³-hybridized carbons (Fsp3) is 0.429. The molecule has 0 aliphatic heterocycles. The molecule has 110 valence electrons. The van der Waals surface area contributed by atoms with Crippen molar-refractivity contribution in [3.63, 3.8) is 0 Å². The van der Waals surface area contributed by atoms with Gasteiger partial charge in [0.15, 0.2) is 0 Å². The van der Waals surface area contributed by atoms with Crippen molar-refractivity contribution < 1.29 is 19.1 Å². The van der Waals surface area contributed by atoms with E-state index in [2.05, 4.69) is 5.43 Å². The minimum Gasteiger partial charge on any atom is -0.449 e. The Kier molecular flexibility index (Phi) is 6.95. The van der Waals surface area contributed by atoms with E-state index in [0.717, 1.165) is 10.6 Å². The second kappa shape index (κ2) is 8.79. The smallest absolute Gasteiger partial charge is 0.428 e. The van der Waals surface area contributed by atoms with Gasteiger partial charge in [0.25, 0.3) is 0 Å². The van der Waals surface area contributed by atoms with Crippen LogP contribution in [0.25, 0.3) is 0 Å². The van der Waals surface area contributed by atoms with E-state index in [-0.39, 0.29) is 13.2 Å². The normalized spacial score (nSPS) is 9.70. The molecule has 0 saturated heterocycles. The predicted octanol–water partition coefficient (Wildman–Crippen LogP) is 2.35. The maximum absolute atomic E-state index is 11.7. The first-order valence-corrected chi connectivity index (χ1v) is 6.59. The van der Waals surface area contributed by atoms with Crippen LogP contribution in [0, 0.1) is 0 Å². The molecule has 0 heterocycles. The van der Waals surface area contributed by atoms with E-state index in [1.54, 1.807) is 13.8 Å². The van der Waals surface area contributed by atoms with Crippen LogP contribution in [0.15, 0.2) is 30.3 Å². The molecule has 1 rings (SSSR count). The fourth-order valence-electron chi connectivity index (χ4n) is 1.55. The lowest BCUT2D eigenvalue weighted by Crippen LogP contribution is -2.47. The molecule has 0 aliphatic carbocycles. The summed E-state index contributed by atoms with van der Waals surface area (Å²) in [5.41, 5.74) is 3.43. The maximum atomic E-state index is 11.7. The highest BCUT2D eigenvalue weighted by Gasteiger charge is 2.17. The third-order valence-electron chi connectivity index (χ3n) is 2.46. The lowest BCUT2D eigenvalue weighted by Gasteiger charge is -2.21. The van der Waals surface area contributed by atoms with Gasteiger partial charge in [-0.1, -0.05) is 30.3 Å². The molecule has 1 aromatic rings. The molecule has 0 atom stereocenters. The molecule has 0 unspecified atom stereocenters. The summed E-state index contributed by atoms with van der Waals surface area (Å²) < 4.78 is 9.64. The number of carbonyl (C=O) groups is 2. The molecule has 0 fully saturated rings. The third-order valence-corrected chi connectivity index (χ3v) is 2.46. The van der Waals surface area contributed by atoms with Crippen LogP contribution in [0.5, 0.6) is 0 Å². The maximum Gasteiger partial charge on any atom is 0.428 e. The quantitative estimate of drug-likeness (QED) is 0.841. The number of hydrogen-bond acceptors (Lipinski definition) is 4. The van der Waals surface area contributed by atoms with Gasteiger partial charge in [0, 0.05) is 0 Å². The minimum absolute atomic E-state index is 0.237. The third kappa shape index (κ3) is 5.60. The van der Waals surface area contributed by atoms with Crippen LogP contribution < -0.4 is 5.43 Å². The molecule has 0 saturated carbocycles. The van der Waals surface area contributed by atoms with E-state index in [1.165, 1.54) is 0 Å². The van der Waals surface area contributed by atoms with Gasteiger partial charge in [-0.3, -0.25) is 0 Å². The molecular formula is C14H20N2O4. The van der Waals surface area contributed by atoms with E-state index in [4.69, 9.17) is 9.47 Å². The van der Waals surface area contributed by atoms with Crippen molar-refractivity contribution in [2.24, 2.45) is 0 Å². The molecule has 1 aromatic carbocycles. The average Bonchev–Trinajstić information content (AvgIpc) is 2.45. The zero-order valence-corrected chi connectivity index (χ0v) is 11.8. The molecular weight excluding hydrogens is 260 g/mol. The van der Waals surface area contributed by atoms with Crippen molar-refractivity contribution in [3.05, 3.63) is 35.9 Å². The number of benzene rings is 1. The molecule has 6 heteroatoms. The van der Waals surface area contributed by atoms with Gasteiger partial charge in [0.2, 0.25) is 0 Å². The second-order valence-electron chi connectivity index (χ2n) is 3.92. The first-order chi connectivity index (χ1) is 9.67. The van der Waals surface area contributed by atoms with Gasteiger partial charge in [-0.25, -0.2) is 20.0 Å². The SMILES string of the molecule is CCOC(=O)NN(CCc1ccccc1)C(=O)OCC. The summed E-state index contributed by atoms with van der Waals surface area (Å²) in [7, 11) is 0. The molecule has 0 aliphatic rings. The summed E-state index contributed by atoms with van der Waals surface area (Å²) in [6.45, 7) is 4.18. The Bertz CT molecular complexity index is 422. The van der Waals surface area contributed by atoms with Gasteiger partial charge in [-0.05, 0) is 25.8 Å². The number of hydrogen-bond donors (Lipinski definition) is 1. The standard InChI is InChI=1S/C14H20N2O4/c1-3-19-13(17)15-16(14(18)20-4-2)11-10-12-8-6-5-7-9-12/h5-9H,3-4,10-11H2,1-2H3,(H,15,17). The van der Waals surface area contributed by atoms with Crippen LogP contribution in [0.3, 0.4) is 0 Å². The minimum atomic E-state index is -0.673. The first kappa shape index (κ1) is 15.8. The van der Waals surface area contributed by atoms with Gasteiger partial charge in [-0.2, -0.15) is 0 Å². The highest BCUT2D eigenvalue weighted by molar-refractivity contribution is 5.73. The molecule has 20 heavy (non-hydrogen) atoms. The molecule has 0 radical (unpaired) electrons. The molecule has 0 spiro atoms. The van der Waals surface area contributed by atoms with Crippen LogP contribution in [0.2, 0.25) is 0 Å². The van der Waals surface area contributed by atoms with Crippen LogP contribution >= 0.6 is 0 Å². The van der Waals surface area contributed by atoms with Crippen molar-refractivity contribution >= 4 is 12.2 Å². The molecule has 0 bridgehead atoms. The Balaban J connectivity index is 2.57. The Morgan fingerprint density at radius 2 is 1.75 bits per heavy atom. The zero-order valence-electron chi connectivity index (χ0n) is 11.8. The van der Waals surface area contributed by atoms with Gasteiger partial charge < -0.3 is 9.47 Å². The molecule has 2 amide bonds. The van der Waals surface area contributed by atoms with E-state index in [1.807, 2.05) is 30.3 Å². The van der Waals surface area contributed by atoms with Crippen molar-refractivity contribution in [2.45, 2.75) is 20.3 Å². The van der Waals surface area contributed by atoms with Crippen molar-refractivity contribution in [3.8, 4) is 0 Å². The monoisotopic (exact) mass is 280 g/mol. The van der Waals surface area contributed by atoms with Gasteiger partial charge in [-0.15, -0.1) is 0 Å². The van der Waals surface area contributed by atoms with E-state index in [9.17, 15) is 9.59 Å². The summed E-state index contributed by atoms with van der Waals surface area (Å²) >= 11 is 0. The van der Waals surface area contributed by atoms with Crippen LogP contribution in [0.4, 0.5) is 9.59 Å². The van der Waals surface area contributed by atoms with Crippen molar-refractivity contribution in [2.75, 3.05) is 19.8 Å². The second-order valence-corrected chi connectivity index (χ2v) is 3.92. The summed E-state index contributed by atoms with van der Waals surface area (Å²) in [6.07, 6.45) is -0.670. The first-order valence-electron chi connectivity index (χ1n) is 6.59. The molecule has 0 aromatic heterocycles. The number of rotatable bonds is 5. The number of hydrazine groups is 1. The Labute approximate surface area is 118 Å². The lowest BCUT2D eigenvalue weighted by atomic mass is 10.1. The van der Waals surface area contributed by atoms with Crippen LogP contribution in [0.1, 0.15) is 19.4 Å². The van der Waals surface area contributed by atoms with E-state index >= 15 is 0 Å². The Hall–Kier alpha value is -2.24. The van der Waals surface area contributed by atoms with E-state index < -0.39 is 12.2 Å². The Morgan fingerprint density at radius 3 is 2.35 bits per heavy atom. The highest BCUT2D eigenvalue weighted by Crippen LogP contribution is 2.02. The van der Waals surface area contributed by atoms with Gasteiger partial charge in [0.1, 0.15) is 0 Å². The summed E-state index contributed by atoms with van der Waals surface area (Å²) in [5, 5.41) is 1.12. The van der Waals surface area contributed by atoms with Crippen molar-refractivity contribution in [1.29, 1.82) is 0 Å². The lowest BCUT2D eigenvalue weighted by molar-refractivity contribution is 0.0747. The van der Waals surface area contributed by atoms with Crippen molar-refractivity contribution in [1.82, 2.24) is 10.4 Å². The summed E-state index contributed by atoms with van der Waals surface area (Å²) in [4.78, 5) is 23.1. The Morgan fingerprint density at radius 1 is 1.10 bits per heavy atom. The number of ether oxygens (including phenoxy) is 2. The van der Waals surface area contributed by atoms with Crippen LogP contribution in [-0.2, 0) is 15.9 Å². The van der Waals surface area contributed by atoms with Gasteiger partial charge in [0.05, 0.1) is 19.8 Å². The summed E-state index contributed by atoms with van der Waals surface area (Å²) in [5.74, 6) is 0. The predicted molar refractivity (Wildman–Crippen MR) is 74.0 cm³/mol. The number of amides is 2. The van der Waals surface area contributed by atoms with E-state index in [0.29, 0.717) is 13.0 Å². The zero-order chi connectivity index (χ0) is 14.8. The number of carbonyl (C=O) groups excluding carboxylic acids is 2.